The molecule has 3 rings (SSSR count). The Labute approximate surface area is 106 Å². The average Bonchev–Trinajstić information content (AvgIpc) is 2.39. The summed E-state index contributed by atoms with van der Waals surface area (Å²) in [6.07, 6.45) is 0. The van der Waals surface area contributed by atoms with Crippen LogP contribution in [0.1, 0.15) is 5.56 Å². The van der Waals surface area contributed by atoms with Gasteiger partial charge >= 0.3 is 0 Å². The van der Waals surface area contributed by atoms with Crippen LogP contribution < -0.4 is 5.73 Å². The highest BCUT2D eigenvalue weighted by Crippen LogP contribution is 2.24. The lowest BCUT2D eigenvalue weighted by Crippen LogP contribution is -1.89. The van der Waals surface area contributed by atoms with Crippen molar-refractivity contribution >= 4 is 16.6 Å². The van der Waals surface area contributed by atoms with Gasteiger partial charge in [0.05, 0.1) is 11.2 Å². The average molecular weight is 234 g/mol. The Bertz CT molecular complexity index is 700. The van der Waals surface area contributed by atoms with Crippen molar-refractivity contribution in [3.8, 4) is 11.3 Å². The molecule has 0 aliphatic heterocycles. The zero-order chi connectivity index (χ0) is 12.5. The largest absolute Gasteiger partial charge is 0.399 e. The summed E-state index contributed by atoms with van der Waals surface area (Å²) in [6.45, 7) is 2.12. The second-order valence-corrected chi connectivity index (χ2v) is 4.46. The number of benzene rings is 2. The van der Waals surface area contributed by atoms with E-state index in [1.165, 1.54) is 10.9 Å². The summed E-state index contributed by atoms with van der Waals surface area (Å²) in [5, 5.41) is 1.21. The molecule has 0 fully saturated rings. The summed E-state index contributed by atoms with van der Waals surface area (Å²) < 4.78 is 0. The lowest BCUT2D eigenvalue weighted by Gasteiger charge is -2.06. The number of aromatic nitrogens is 1. The van der Waals surface area contributed by atoms with Gasteiger partial charge in [-0.25, -0.2) is 4.98 Å². The molecule has 2 N–H and O–H groups in total. The Morgan fingerprint density at radius 3 is 2.44 bits per heavy atom. The fourth-order valence-corrected chi connectivity index (χ4v) is 2.15. The number of anilines is 1. The maximum Gasteiger partial charge on any atom is 0.0712 e. The van der Waals surface area contributed by atoms with Gasteiger partial charge in [-0.15, -0.1) is 0 Å². The number of nitrogens with zero attached hydrogens (tertiary/aromatic N) is 1. The number of hydrogen-bond donors (Lipinski definition) is 1. The van der Waals surface area contributed by atoms with Crippen LogP contribution in [0.2, 0.25) is 0 Å². The van der Waals surface area contributed by atoms with Gasteiger partial charge in [-0.3, -0.25) is 0 Å². The van der Waals surface area contributed by atoms with Crippen LogP contribution in [-0.2, 0) is 0 Å². The Balaban J connectivity index is 2.21. The van der Waals surface area contributed by atoms with Crippen LogP contribution in [0.15, 0.2) is 54.6 Å². The third-order valence-electron chi connectivity index (χ3n) is 3.13. The van der Waals surface area contributed by atoms with Gasteiger partial charge in [-0.1, -0.05) is 30.3 Å². The van der Waals surface area contributed by atoms with E-state index in [1.54, 1.807) is 0 Å². The lowest BCUT2D eigenvalue weighted by atomic mass is 10.1. The minimum Gasteiger partial charge on any atom is -0.399 e. The number of para-hydroxylation sites is 1. The first kappa shape index (κ1) is 10.8. The molecule has 88 valence electrons. The maximum absolute atomic E-state index is 5.70. The van der Waals surface area contributed by atoms with Crippen LogP contribution in [0.25, 0.3) is 22.2 Å². The van der Waals surface area contributed by atoms with Gasteiger partial charge in [0.2, 0.25) is 0 Å². The lowest BCUT2D eigenvalue weighted by molar-refractivity contribution is 1.36. The molecule has 0 radical (unpaired) electrons. The Hall–Kier alpha value is -2.35. The number of nitrogens with two attached hydrogens (primary N) is 1. The molecule has 2 aromatic carbocycles. The van der Waals surface area contributed by atoms with Crippen LogP contribution in [0.5, 0.6) is 0 Å². The molecule has 0 spiro atoms. The predicted molar refractivity (Wildman–Crippen MR) is 76.3 cm³/mol. The number of pyridine rings is 1. The predicted octanol–water partition coefficient (Wildman–Crippen LogP) is 3.79. The van der Waals surface area contributed by atoms with Gasteiger partial charge in [0.15, 0.2) is 0 Å². The third kappa shape index (κ3) is 1.82. The van der Waals surface area contributed by atoms with E-state index in [1.807, 2.05) is 42.5 Å². The Morgan fingerprint density at radius 1 is 0.944 bits per heavy atom. The summed E-state index contributed by atoms with van der Waals surface area (Å²) in [5.41, 5.74) is 10.8. The third-order valence-corrected chi connectivity index (χ3v) is 3.13. The van der Waals surface area contributed by atoms with Crippen molar-refractivity contribution in [2.75, 3.05) is 5.73 Å². The van der Waals surface area contributed by atoms with Crippen molar-refractivity contribution in [1.82, 2.24) is 4.98 Å². The van der Waals surface area contributed by atoms with Gasteiger partial charge in [0, 0.05) is 16.6 Å². The molecule has 0 aliphatic rings. The normalized spacial score (nSPS) is 10.7. The Kier molecular flexibility index (Phi) is 2.49. The van der Waals surface area contributed by atoms with Gasteiger partial charge in [-0.2, -0.15) is 0 Å². The number of fused-ring (bicyclic) bond motifs is 1. The molecule has 0 aliphatic carbocycles. The zero-order valence-electron chi connectivity index (χ0n) is 10.2. The molecule has 2 heteroatoms. The highest BCUT2D eigenvalue weighted by Gasteiger charge is 2.04. The summed E-state index contributed by atoms with van der Waals surface area (Å²) >= 11 is 0. The van der Waals surface area contributed by atoms with E-state index in [0.717, 1.165) is 22.5 Å². The fraction of sp³-hybridized carbons (Fsp3) is 0.0625. The monoisotopic (exact) mass is 234 g/mol. The topological polar surface area (TPSA) is 38.9 Å². The van der Waals surface area contributed by atoms with Crippen LogP contribution in [0, 0.1) is 6.92 Å². The Morgan fingerprint density at radius 2 is 1.67 bits per heavy atom. The molecule has 3 aromatic rings. The molecule has 1 heterocycles. The fourth-order valence-electron chi connectivity index (χ4n) is 2.15. The standard InChI is InChI=1S/C16H14N2/c1-11-10-16(12-6-8-13(17)9-7-12)18-15-5-3-2-4-14(11)15/h2-10H,17H2,1H3. The van der Waals surface area contributed by atoms with Gasteiger partial charge < -0.3 is 5.73 Å². The maximum atomic E-state index is 5.70. The minimum atomic E-state index is 0.774. The van der Waals surface area contributed by atoms with Gasteiger partial charge in [-0.05, 0) is 36.8 Å². The molecule has 0 saturated carbocycles. The summed E-state index contributed by atoms with van der Waals surface area (Å²) in [7, 11) is 0. The van der Waals surface area contributed by atoms with Crippen molar-refractivity contribution in [3.63, 3.8) is 0 Å². The van der Waals surface area contributed by atoms with Crippen LogP contribution in [-0.4, -0.2) is 4.98 Å². The molecule has 18 heavy (non-hydrogen) atoms. The zero-order valence-corrected chi connectivity index (χ0v) is 10.2. The highest BCUT2D eigenvalue weighted by atomic mass is 14.7. The molecule has 0 amide bonds. The first-order chi connectivity index (χ1) is 8.74. The minimum absolute atomic E-state index is 0.774. The van der Waals surface area contributed by atoms with E-state index in [9.17, 15) is 0 Å². The number of hydrogen-bond acceptors (Lipinski definition) is 2. The highest BCUT2D eigenvalue weighted by molar-refractivity contribution is 5.84. The molecule has 0 unspecified atom stereocenters. The summed E-state index contributed by atoms with van der Waals surface area (Å²) in [4.78, 5) is 4.70. The first-order valence-corrected chi connectivity index (χ1v) is 5.96. The quantitative estimate of drug-likeness (QED) is 0.650. The molecule has 0 saturated heterocycles. The second-order valence-electron chi connectivity index (χ2n) is 4.46. The molecular formula is C16H14N2. The van der Waals surface area contributed by atoms with E-state index in [0.29, 0.717) is 0 Å². The molecule has 0 bridgehead atoms. The van der Waals surface area contributed by atoms with E-state index < -0.39 is 0 Å². The van der Waals surface area contributed by atoms with Crippen molar-refractivity contribution in [2.45, 2.75) is 6.92 Å². The van der Waals surface area contributed by atoms with E-state index >= 15 is 0 Å². The van der Waals surface area contributed by atoms with Gasteiger partial charge in [0.1, 0.15) is 0 Å². The van der Waals surface area contributed by atoms with Crippen molar-refractivity contribution in [2.24, 2.45) is 0 Å². The number of aryl methyl sites for hydroxylation is 1. The molecule has 2 nitrogen and oxygen atoms in total. The van der Waals surface area contributed by atoms with E-state index in [2.05, 4.69) is 19.1 Å². The van der Waals surface area contributed by atoms with E-state index in [-0.39, 0.29) is 0 Å². The molecular weight excluding hydrogens is 220 g/mol. The van der Waals surface area contributed by atoms with Crippen LogP contribution in [0.3, 0.4) is 0 Å². The first-order valence-electron chi connectivity index (χ1n) is 5.96. The number of nitrogen functional groups attached to an aromatic ring is 1. The van der Waals surface area contributed by atoms with Gasteiger partial charge in [0.25, 0.3) is 0 Å². The smallest absolute Gasteiger partial charge is 0.0712 e. The van der Waals surface area contributed by atoms with Crippen molar-refractivity contribution in [1.29, 1.82) is 0 Å². The molecule has 0 atom stereocenters. The van der Waals surface area contributed by atoms with Crippen LogP contribution >= 0.6 is 0 Å². The van der Waals surface area contributed by atoms with Crippen molar-refractivity contribution in [3.05, 3.63) is 60.2 Å². The summed E-state index contributed by atoms with van der Waals surface area (Å²) in [6, 6.07) is 18.1. The number of rotatable bonds is 1. The van der Waals surface area contributed by atoms with E-state index in [4.69, 9.17) is 10.7 Å². The molecule has 1 aromatic heterocycles. The summed E-state index contributed by atoms with van der Waals surface area (Å²) in [5.74, 6) is 0. The van der Waals surface area contributed by atoms with Crippen LogP contribution in [0.4, 0.5) is 5.69 Å². The second kappa shape index (κ2) is 4.15. The SMILES string of the molecule is Cc1cc(-c2ccc(N)cc2)nc2ccccc12. The van der Waals surface area contributed by atoms with Crippen molar-refractivity contribution < 1.29 is 0 Å².